The number of hydrogen-bond acceptors (Lipinski definition) is 7. The molecule has 0 bridgehead atoms. The first kappa shape index (κ1) is 25.0. The molecule has 174 valence electrons. The summed E-state index contributed by atoms with van der Waals surface area (Å²) >= 11 is 0. The van der Waals surface area contributed by atoms with E-state index in [2.05, 4.69) is 10.6 Å². The van der Waals surface area contributed by atoms with Gasteiger partial charge in [0.2, 0.25) is 5.91 Å². The molecule has 0 fully saturated rings. The van der Waals surface area contributed by atoms with Crippen molar-refractivity contribution in [2.45, 2.75) is 32.2 Å². The fourth-order valence-electron chi connectivity index (χ4n) is 3.14. The Kier molecular flexibility index (Phi) is 8.61. The van der Waals surface area contributed by atoms with Crippen molar-refractivity contribution >= 4 is 35.1 Å². The van der Waals surface area contributed by atoms with Crippen LogP contribution in [-0.2, 0) is 19.1 Å². The van der Waals surface area contributed by atoms with Crippen LogP contribution in [-0.4, -0.2) is 46.4 Å². The molecule has 2 amide bonds. The van der Waals surface area contributed by atoms with Crippen molar-refractivity contribution in [3.63, 3.8) is 0 Å². The van der Waals surface area contributed by atoms with Crippen LogP contribution >= 0.6 is 0 Å². The number of carboxylic acids is 1. The summed E-state index contributed by atoms with van der Waals surface area (Å²) < 4.78 is 4.93. The van der Waals surface area contributed by atoms with Gasteiger partial charge in [-0.2, -0.15) is 0 Å². The summed E-state index contributed by atoms with van der Waals surface area (Å²) in [7, 11) is 0. The van der Waals surface area contributed by atoms with E-state index in [-0.39, 0.29) is 30.2 Å². The third-order valence-corrected chi connectivity index (χ3v) is 4.65. The molecule has 11 nitrogen and oxygen atoms in total. The molecule has 0 unspecified atom stereocenters. The normalized spacial score (nSPS) is 12.2. The minimum Gasteiger partial charge on any atom is -0.480 e. The topological polar surface area (TPSA) is 165 Å². The quantitative estimate of drug-likeness (QED) is 0.278. The highest BCUT2D eigenvalue weighted by atomic mass is 16.6. The number of carbonyl (C=O) groups excluding carboxylic acids is 3. The summed E-state index contributed by atoms with van der Waals surface area (Å²) in [5.41, 5.74) is 0.694. The number of nitro benzene ring substituents is 1. The highest BCUT2D eigenvalue weighted by molar-refractivity contribution is 5.97. The van der Waals surface area contributed by atoms with Gasteiger partial charge in [0.05, 0.1) is 18.0 Å². The molecular weight excluding hydrogens is 434 g/mol. The number of ether oxygens (including phenoxy) is 1. The maximum absolute atomic E-state index is 12.7. The lowest BCUT2D eigenvalue weighted by Crippen LogP contribution is -2.45. The molecule has 0 saturated heterocycles. The third-order valence-electron chi connectivity index (χ3n) is 4.65. The minimum atomic E-state index is -1.53. The lowest BCUT2D eigenvalue weighted by Gasteiger charge is -2.25. The van der Waals surface area contributed by atoms with Gasteiger partial charge < -0.3 is 20.5 Å². The van der Waals surface area contributed by atoms with Crippen molar-refractivity contribution in [1.29, 1.82) is 0 Å². The van der Waals surface area contributed by atoms with E-state index in [0.717, 1.165) is 0 Å². The van der Waals surface area contributed by atoms with E-state index in [1.54, 1.807) is 6.92 Å². The molecule has 11 heteroatoms. The van der Waals surface area contributed by atoms with E-state index in [1.165, 1.54) is 55.5 Å². The van der Waals surface area contributed by atoms with Crippen LogP contribution in [0.2, 0.25) is 0 Å². The first-order valence-electron chi connectivity index (χ1n) is 9.93. The molecule has 0 heterocycles. The number of esters is 1. The van der Waals surface area contributed by atoms with E-state index in [9.17, 15) is 34.4 Å². The molecule has 2 aromatic rings. The number of nitrogens with one attached hydrogen (secondary N) is 2. The van der Waals surface area contributed by atoms with Crippen molar-refractivity contribution in [1.82, 2.24) is 5.32 Å². The number of aliphatic carboxylic acids is 1. The maximum Gasteiger partial charge on any atom is 0.326 e. The first-order chi connectivity index (χ1) is 15.6. The van der Waals surface area contributed by atoms with Gasteiger partial charge in [0.15, 0.2) is 0 Å². The molecule has 2 rings (SSSR count). The van der Waals surface area contributed by atoms with Gasteiger partial charge in [-0.05, 0) is 36.8 Å². The molecule has 0 aliphatic heterocycles. The Morgan fingerprint density at radius 1 is 1.06 bits per heavy atom. The summed E-state index contributed by atoms with van der Waals surface area (Å²) in [6.07, 6.45) is -0.371. The Morgan fingerprint density at radius 3 is 2.15 bits per heavy atom. The Balaban J connectivity index is 2.32. The molecule has 0 aliphatic rings. The zero-order chi connectivity index (χ0) is 24.5. The van der Waals surface area contributed by atoms with Gasteiger partial charge in [-0.25, -0.2) is 4.79 Å². The number of amides is 2. The van der Waals surface area contributed by atoms with Gasteiger partial charge in [0.25, 0.3) is 11.6 Å². The Hall–Kier alpha value is -4.28. The Bertz CT molecular complexity index is 1030. The molecule has 2 aromatic carbocycles. The van der Waals surface area contributed by atoms with Crippen molar-refractivity contribution in [3.8, 4) is 0 Å². The molecule has 0 radical (unpaired) electrons. The van der Waals surface area contributed by atoms with Crippen molar-refractivity contribution in [2.75, 3.05) is 11.9 Å². The van der Waals surface area contributed by atoms with E-state index >= 15 is 0 Å². The maximum atomic E-state index is 12.7. The fourth-order valence-corrected chi connectivity index (χ4v) is 3.14. The van der Waals surface area contributed by atoms with Gasteiger partial charge >= 0.3 is 11.9 Å². The number of non-ortho nitro benzene ring substituents is 1. The smallest absolute Gasteiger partial charge is 0.326 e. The molecule has 0 saturated carbocycles. The van der Waals surface area contributed by atoms with Crippen molar-refractivity contribution < 1.29 is 33.9 Å². The van der Waals surface area contributed by atoms with Crippen molar-refractivity contribution in [2.24, 2.45) is 0 Å². The van der Waals surface area contributed by atoms with E-state index < -0.39 is 34.7 Å². The van der Waals surface area contributed by atoms with Crippen molar-refractivity contribution in [3.05, 3.63) is 69.8 Å². The second kappa shape index (κ2) is 11.4. The number of nitrogens with zero attached hydrogens (tertiary/aromatic N) is 1. The van der Waals surface area contributed by atoms with Crippen LogP contribution in [0.5, 0.6) is 0 Å². The number of rotatable bonds is 10. The molecule has 0 aromatic heterocycles. The van der Waals surface area contributed by atoms with Gasteiger partial charge in [0, 0.05) is 36.2 Å². The SMILES string of the molecule is CCOC(=O)C[C@H](c1ccc([N+](=O)[O-])cc1)[C@@H](NC(=O)c1ccc(NC(C)=O)cc1)C(=O)O. The van der Waals surface area contributed by atoms with Gasteiger partial charge in [0.1, 0.15) is 6.04 Å². The summed E-state index contributed by atoms with van der Waals surface area (Å²) in [5, 5.41) is 25.7. The third kappa shape index (κ3) is 7.13. The summed E-state index contributed by atoms with van der Waals surface area (Å²) in [5.74, 6) is -4.13. The summed E-state index contributed by atoms with van der Waals surface area (Å²) in [6, 6.07) is 9.32. The molecular formula is C22H23N3O8. The number of nitro groups is 1. The van der Waals surface area contributed by atoms with Crippen LogP contribution in [0.3, 0.4) is 0 Å². The number of carboxylic acid groups (broad SMARTS) is 1. The molecule has 2 atom stereocenters. The van der Waals surface area contributed by atoms with E-state index in [1.807, 2.05) is 0 Å². The Morgan fingerprint density at radius 2 is 1.67 bits per heavy atom. The van der Waals surface area contributed by atoms with Crippen LogP contribution in [0.1, 0.15) is 42.1 Å². The van der Waals surface area contributed by atoms with E-state index in [0.29, 0.717) is 11.3 Å². The standard InChI is InChI=1S/C22H23N3O8/c1-3-33-19(27)12-18(14-6-10-17(11-7-14)25(31)32)20(22(29)30)24-21(28)15-4-8-16(9-5-15)23-13(2)26/h4-11,18,20H,3,12H2,1-2H3,(H,23,26)(H,24,28)(H,29,30)/t18-,20-/m1/s1. The van der Waals surface area contributed by atoms with Crippen LogP contribution in [0.25, 0.3) is 0 Å². The number of hydrogen-bond donors (Lipinski definition) is 3. The lowest BCUT2D eigenvalue weighted by atomic mass is 9.88. The number of anilines is 1. The monoisotopic (exact) mass is 457 g/mol. The highest BCUT2D eigenvalue weighted by Crippen LogP contribution is 2.27. The first-order valence-corrected chi connectivity index (χ1v) is 9.93. The average molecular weight is 457 g/mol. The van der Waals surface area contributed by atoms with Gasteiger partial charge in [-0.3, -0.25) is 24.5 Å². The molecule has 0 aliphatic carbocycles. The number of benzene rings is 2. The predicted molar refractivity (Wildman–Crippen MR) is 117 cm³/mol. The average Bonchev–Trinajstić information content (AvgIpc) is 2.76. The minimum absolute atomic E-state index is 0.0799. The summed E-state index contributed by atoms with van der Waals surface area (Å²) in [4.78, 5) is 58.4. The van der Waals surface area contributed by atoms with Crippen LogP contribution in [0.15, 0.2) is 48.5 Å². The largest absolute Gasteiger partial charge is 0.480 e. The predicted octanol–water partition coefficient (Wildman–Crippen LogP) is 2.47. The second-order valence-corrected chi connectivity index (χ2v) is 7.01. The zero-order valence-electron chi connectivity index (χ0n) is 17.9. The highest BCUT2D eigenvalue weighted by Gasteiger charge is 2.33. The van der Waals surface area contributed by atoms with Crippen LogP contribution < -0.4 is 10.6 Å². The van der Waals surface area contributed by atoms with Gasteiger partial charge in [-0.1, -0.05) is 12.1 Å². The van der Waals surface area contributed by atoms with Crippen LogP contribution in [0, 0.1) is 10.1 Å². The summed E-state index contributed by atoms with van der Waals surface area (Å²) in [6.45, 7) is 3.01. The van der Waals surface area contributed by atoms with Gasteiger partial charge in [-0.15, -0.1) is 0 Å². The molecule has 33 heavy (non-hydrogen) atoms. The fraction of sp³-hybridized carbons (Fsp3) is 0.273. The second-order valence-electron chi connectivity index (χ2n) is 7.01. The lowest BCUT2D eigenvalue weighted by molar-refractivity contribution is -0.384. The van der Waals surface area contributed by atoms with Crippen LogP contribution in [0.4, 0.5) is 11.4 Å². The molecule has 0 spiro atoms. The zero-order valence-corrected chi connectivity index (χ0v) is 17.9. The number of carbonyl (C=O) groups is 4. The Labute approximate surface area is 188 Å². The molecule has 3 N–H and O–H groups in total. The van der Waals surface area contributed by atoms with E-state index in [4.69, 9.17) is 4.74 Å².